The molecule has 0 amide bonds. The van der Waals surface area contributed by atoms with E-state index in [4.69, 9.17) is 0 Å². The topological polar surface area (TPSA) is 56.7 Å². The molecule has 1 aromatic heterocycles. The summed E-state index contributed by atoms with van der Waals surface area (Å²) in [5.74, 6) is 1.78. The maximum atomic E-state index is 4.44. The largest absolute Gasteiger partial charge is 0.356 e. The normalized spacial score (nSPS) is 14.8. The van der Waals surface area contributed by atoms with E-state index in [0.717, 1.165) is 51.1 Å². The zero-order valence-electron chi connectivity index (χ0n) is 15.4. The maximum Gasteiger partial charge on any atom is 0.225 e. The van der Waals surface area contributed by atoms with Gasteiger partial charge in [0.15, 0.2) is 5.96 Å². The molecule has 3 rings (SSSR count). The Bertz CT molecular complexity index is 698. The Morgan fingerprint density at radius 2 is 1.85 bits per heavy atom. The molecule has 0 unspecified atom stereocenters. The van der Waals surface area contributed by atoms with Crippen LogP contribution in [-0.4, -0.2) is 60.6 Å². The lowest BCUT2D eigenvalue weighted by molar-refractivity contribution is 0.370. The predicted octanol–water partition coefficient (Wildman–Crippen LogP) is 2.34. The lowest BCUT2D eigenvalue weighted by Crippen LogP contribution is -2.53. The first-order chi connectivity index (χ1) is 12.3. The first-order valence-corrected chi connectivity index (χ1v) is 8.79. The van der Waals surface area contributed by atoms with Gasteiger partial charge in [-0.3, -0.25) is 4.99 Å². The van der Waals surface area contributed by atoms with Crippen molar-refractivity contribution in [3.05, 3.63) is 53.9 Å². The number of nitrogens with one attached hydrogen (secondary N) is 1. The van der Waals surface area contributed by atoms with E-state index in [1.54, 1.807) is 12.4 Å². The molecule has 6 nitrogen and oxygen atoms in total. The van der Waals surface area contributed by atoms with Gasteiger partial charge in [0.25, 0.3) is 0 Å². The highest BCUT2D eigenvalue weighted by Crippen LogP contribution is 2.10. The molecule has 1 fully saturated rings. The number of anilines is 1. The fraction of sp³-hybridized carbons (Fsp3) is 0.421. The highest BCUT2D eigenvalue weighted by Gasteiger charge is 2.20. The second kappa shape index (κ2) is 10.3. The number of hydrogen-bond acceptors (Lipinski definition) is 4. The summed E-state index contributed by atoms with van der Waals surface area (Å²) < 4.78 is 0. The summed E-state index contributed by atoms with van der Waals surface area (Å²) in [5, 5.41) is 3.49. The van der Waals surface area contributed by atoms with Crippen molar-refractivity contribution in [1.82, 2.24) is 20.2 Å². The van der Waals surface area contributed by atoms with Crippen LogP contribution in [0.2, 0.25) is 0 Å². The van der Waals surface area contributed by atoms with E-state index in [-0.39, 0.29) is 24.0 Å². The summed E-state index contributed by atoms with van der Waals surface area (Å²) >= 11 is 0. The summed E-state index contributed by atoms with van der Waals surface area (Å²) in [5.41, 5.74) is 2.66. The van der Waals surface area contributed by atoms with E-state index in [9.17, 15) is 0 Å². The number of rotatable bonds is 4. The lowest BCUT2D eigenvalue weighted by Gasteiger charge is -2.36. The third-order valence-electron chi connectivity index (χ3n) is 4.41. The first-order valence-electron chi connectivity index (χ1n) is 8.79. The number of guanidine groups is 1. The van der Waals surface area contributed by atoms with Gasteiger partial charge in [-0.25, -0.2) is 9.97 Å². The monoisotopic (exact) mass is 466 g/mol. The van der Waals surface area contributed by atoms with Crippen LogP contribution in [0.3, 0.4) is 0 Å². The van der Waals surface area contributed by atoms with Crippen molar-refractivity contribution >= 4 is 35.9 Å². The molecule has 0 atom stereocenters. The third kappa shape index (κ3) is 5.55. The second-order valence-electron chi connectivity index (χ2n) is 6.24. The fourth-order valence-electron chi connectivity index (χ4n) is 3.09. The number of piperazine rings is 1. The molecule has 0 radical (unpaired) electrons. The molecule has 1 N–H and O–H groups in total. The van der Waals surface area contributed by atoms with Crippen molar-refractivity contribution in [1.29, 1.82) is 0 Å². The number of nitrogens with zero attached hydrogens (tertiary/aromatic N) is 5. The fourth-order valence-corrected chi connectivity index (χ4v) is 3.09. The quantitative estimate of drug-likeness (QED) is 0.426. The van der Waals surface area contributed by atoms with Crippen molar-refractivity contribution < 1.29 is 0 Å². The van der Waals surface area contributed by atoms with E-state index >= 15 is 0 Å². The van der Waals surface area contributed by atoms with Crippen LogP contribution in [-0.2, 0) is 6.42 Å². The van der Waals surface area contributed by atoms with Crippen LogP contribution in [0.15, 0.2) is 47.7 Å². The Balaban J connectivity index is 0.00000243. The molecule has 1 aromatic carbocycles. The van der Waals surface area contributed by atoms with E-state index in [1.807, 2.05) is 13.1 Å². The van der Waals surface area contributed by atoms with Crippen molar-refractivity contribution in [3.8, 4) is 0 Å². The Kier molecular flexibility index (Phi) is 8.08. The van der Waals surface area contributed by atoms with Gasteiger partial charge in [0.2, 0.25) is 5.95 Å². The third-order valence-corrected chi connectivity index (χ3v) is 4.41. The van der Waals surface area contributed by atoms with Crippen LogP contribution in [0.25, 0.3) is 0 Å². The number of aromatic nitrogens is 2. The van der Waals surface area contributed by atoms with Crippen molar-refractivity contribution in [2.75, 3.05) is 44.7 Å². The van der Waals surface area contributed by atoms with Gasteiger partial charge >= 0.3 is 0 Å². The van der Waals surface area contributed by atoms with Crippen molar-refractivity contribution in [2.45, 2.75) is 13.3 Å². The number of aryl methyl sites for hydroxylation is 1. The molecule has 2 aromatic rings. The lowest BCUT2D eigenvalue weighted by atomic mass is 10.1. The van der Waals surface area contributed by atoms with Gasteiger partial charge in [0, 0.05) is 52.2 Å². The average molecular weight is 466 g/mol. The predicted molar refractivity (Wildman–Crippen MR) is 117 cm³/mol. The molecule has 7 heteroatoms. The minimum Gasteiger partial charge on any atom is -0.356 e. The van der Waals surface area contributed by atoms with Crippen LogP contribution in [0.4, 0.5) is 5.95 Å². The van der Waals surface area contributed by atoms with Crippen LogP contribution in [0.1, 0.15) is 11.1 Å². The SMILES string of the molecule is CN=C(NCCc1cccc(C)c1)N1CCN(c2ncccn2)CC1.I. The zero-order chi connectivity index (χ0) is 17.5. The Morgan fingerprint density at radius 3 is 2.50 bits per heavy atom. The molecule has 1 saturated heterocycles. The minimum absolute atomic E-state index is 0. The van der Waals surface area contributed by atoms with Gasteiger partial charge in [0.1, 0.15) is 0 Å². The Hall–Kier alpha value is -1.90. The summed E-state index contributed by atoms with van der Waals surface area (Å²) in [6.07, 6.45) is 4.58. The number of aliphatic imine (C=N–C) groups is 1. The van der Waals surface area contributed by atoms with E-state index in [1.165, 1.54) is 11.1 Å². The highest BCUT2D eigenvalue weighted by molar-refractivity contribution is 14.0. The molecule has 1 aliphatic rings. The second-order valence-corrected chi connectivity index (χ2v) is 6.24. The van der Waals surface area contributed by atoms with Gasteiger partial charge in [-0.2, -0.15) is 0 Å². The number of hydrogen-bond donors (Lipinski definition) is 1. The van der Waals surface area contributed by atoms with E-state index in [2.05, 4.69) is 61.3 Å². The van der Waals surface area contributed by atoms with Crippen LogP contribution >= 0.6 is 24.0 Å². The van der Waals surface area contributed by atoms with Gasteiger partial charge in [0.05, 0.1) is 0 Å². The standard InChI is InChI=1S/C19H26N6.HI/c1-16-5-3-6-17(15-16)7-10-23-18(20-2)24-11-13-25(14-12-24)19-21-8-4-9-22-19;/h3-6,8-9,15H,7,10-14H2,1-2H3,(H,20,23);1H. The highest BCUT2D eigenvalue weighted by atomic mass is 127. The molecule has 0 saturated carbocycles. The van der Waals surface area contributed by atoms with Crippen LogP contribution in [0.5, 0.6) is 0 Å². The van der Waals surface area contributed by atoms with E-state index in [0.29, 0.717) is 0 Å². The molecule has 0 spiro atoms. The molecule has 140 valence electrons. The summed E-state index contributed by atoms with van der Waals surface area (Å²) in [7, 11) is 1.85. The zero-order valence-corrected chi connectivity index (χ0v) is 17.8. The molecule has 0 bridgehead atoms. The minimum atomic E-state index is 0. The molecule has 26 heavy (non-hydrogen) atoms. The van der Waals surface area contributed by atoms with Crippen LogP contribution < -0.4 is 10.2 Å². The molecular weight excluding hydrogens is 439 g/mol. The Morgan fingerprint density at radius 1 is 1.12 bits per heavy atom. The van der Waals surface area contributed by atoms with Gasteiger partial charge < -0.3 is 15.1 Å². The van der Waals surface area contributed by atoms with Crippen molar-refractivity contribution in [2.24, 2.45) is 4.99 Å². The summed E-state index contributed by atoms with van der Waals surface area (Å²) in [4.78, 5) is 17.6. The number of benzene rings is 1. The Labute approximate surface area is 172 Å². The summed E-state index contributed by atoms with van der Waals surface area (Å²) in [6.45, 7) is 6.67. The maximum absolute atomic E-state index is 4.44. The summed E-state index contributed by atoms with van der Waals surface area (Å²) in [6, 6.07) is 10.5. The van der Waals surface area contributed by atoms with Gasteiger partial charge in [-0.05, 0) is 25.0 Å². The van der Waals surface area contributed by atoms with Crippen molar-refractivity contribution in [3.63, 3.8) is 0 Å². The average Bonchev–Trinajstić information content (AvgIpc) is 2.66. The van der Waals surface area contributed by atoms with E-state index < -0.39 is 0 Å². The molecular formula is C19H27IN6. The molecule has 0 aliphatic carbocycles. The van der Waals surface area contributed by atoms with Gasteiger partial charge in [-0.15, -0.1) is 24.0 Å². The smallest absolute Gasteiger partial charge is 0.225 e. The number of halogens is 1. The molecule has 2 heterocycles. The molecule has 1 aliphatic heterocycles. The first kappa shape index (κ1) is 20.4. The van der Waals surface area contributed by atoms with Gasteiger partial charge in [-0.1, -0.05) is 29.8 Å². The van der Waals surface area contributed by atoms with Crippen LogP contribution in [0, 0.1) is 6.92 Å².